The molecule has 8 aromatic carbocycles. The lowest BCUT2D eigenvalue weighted by atomic mass is 9.97. The number of nitrogens with zero attached hydrogens (tertiary/aromatic N) is 1. The average Bonchev–Trinajstić information content (AvgIpc) is 3.58. The van der Waals surface area contributed by atoms with E-state index in [0.29, 0.717) is 0 Å². The van der Waals surface area contributed by atoms with Crippen LogP contribution in [0.5, 0.6) is 0 Å². The van der Waals surface area contributed by atoms with Gasteiger partial charge in [-0.05, 0) is 105 Å². The third kappa shape index (κ3) is 5.77. The maximum absolute atomic E-state index is 2.38. The number of benzene rings is 8. The number of thiophene rings is 1. The minimum Gasteiger partial charge on any atom is -0.310 e. The first-order valence-corrected chi connectivity index (χ1v) is 17.8. The van der Waals surface area contributed by atoms with Crippen molar-refractivity contribution >= 4 is 48.6 Å². The number of anilines is 3. The molecule has 9 aromatic rings. The fraction of sp³-hybridized carbons (Fsp3) is 0. The molecule has 2 heteroatoms. The first kappa shape index (κ1) is 29.9. The van der Waals surface area contributed by atoms with Crippen molar-refractivity contribution in [2.24, 2.45) is 0 Å². The highest BCUT2D eigenvalue weighted by Crippen LogP contribution is 2.42. The van der Waals surface area contributed by atoms with Gasteiger partial charge >= 0.3 is 0 Å². The van der Waals surface area contributed by atoms with Gasteiger partial charge in [-0.2, -0.15) is 0 Å². The first-order valence-electron chi connectivity index (χ1n) is 17.0. The highest BCUT2D eigenvalue weighted by molar-refractivity contribution is 7.25. The average molecular weight is 656 g/mol. The Morgan fingerprint density at radius 2 is 0.680 bits per heavy atom. The number of fused-ring (bicyclic) bond motifs is 3. The molecular formula is C48H33NS. The summed E-state index contributed by atoms with van der Waals surface area (Å²) in [5.74, 6) is 0. The second-order valence-corrected chi connectivity index (χ2v) is 13.7. The maximum atomic E-state index is 2.38. The van der Waals surface area contributed by atoms with Crippen molar-refractivity contribution in [3.8, 4) is 44.5 Å². The molecule has 0 N–H and O–H groups in total. The topological polar surface area (TPSA) is 3.24 Å². The molecule has 0 aliphatic carbocycles. The second-order valence-electron chi connectivity index (χ2n) is 12.6. The molecule has 0 bridgehead atoms. The van der Waals surface area contributed by atoms with Crippen LogP contribution in [-0.4, -0.2) is 0 Å². The van der Waals surface area contributed by atoms with Crippen molar-refractivity contribution in [1.29, 1.82) is 0 Å². The van der Waals surface area contributed by atoms with Gasteiger partial charge in [-0.1, -0.05) is 140 Å². The Morgan fingerprint density at radius 1 is 0.260 bits per heavy atom. The quantitative estimate of drug-likeness (QED) is 0.165. The molecule has 0 amide bonds. The minimum atomic E-state index is 1.10. The summed E-state index contributed by atoms with van der Waals surface area (Å²) in [5.41, 5.74) is 12.9. The lowest BCUT2D eigenvalue weighted by Crippen LogP contribution is -2.10. The highest BCUT2D eigenvalue weighted by Gasteiger charge is 2.17. The van der Waals surface area contributed by atoms with Crippen molar-refractivity contribution in [3.63, 3.8) is 0 Å². The van der Waals surface area contributed by atoms with Crippen LogP contribution in [0.1, 0.15) is 0 Å². The normalized spacial score (nSPS) is 11.2. The summed E-state index contributed by atoms with van der Waals surface area (Å²) in [5, 5.41) is 2.64. The third-order valence-corrected chi connectivity index (χ3v) is 10.6. The molecule has 0 spiro atoms. The zero-order chi connectivity index (χ0) is 33.3. The Bertz CT molecular complexity index is 2490. The molecule has 0 unspecified atom stereocenters. The molecule has 236 valence electrons. The van der Waals surface area contributed by atoms with Gasteiger partial charge in [0.1, 0.15) is 0 Å². The fourth-order valence-electron chi connectivity index (χ4n) is 6.92. The lowest BCUT2D eigenvalue weighted by Gasteiger charge is -2.27. The van der Waals surface area contributed by atoms with Gasteiger partial charge in [0.15, 0.2) is 0 Å². The van der Waals surface area contributed by atoms with Crippen molar-refractivity contribution in [2.75, 3.05) is 4.90 Å². The van der Waals surface area contributed by atoms with Crippen LogP contribution < -0.4 is 4.90 Å². The van der Waals surface area contributed by atoms with Crippen molar-refractivity contribution in [3.05, 3.63) is 200 Å². The number of hydrogen-bond acceptors (Lipinski definition) is 2. The summed E-state index contributed by atoms with van der Waals surface area (Å²) in [7, 11) is 0. The van der Waals surface area contributed by atoms with E-state index in [1.165, 1.54) is 64.7 Å². The Kier molecular flexibility index (Phi) is 7.77. The van der Waals surface area contributed by atoms with Gasteiger partial charge < -0.3 is 4.90 Å². The monoisotopic (exact) mass is 655 g/mol. The van der Waals surface area contributed by atoms with Crippen molar-refractivity contribution in [1.82, 2.24) is 0 Å². The second kappa shape index (κ2) is 13.0. The smallest absolute Gasteiger partial charge is 0.0473 e. The van der Waals surface area contributed by atoms with Gasteiger partial charge in [-0.3, -0.25) is 0 Å². The van der Waals surface area contributed by atoms with Crippen LogP contribution in [0.2, 0.25) is 0 Å². The van der Waals surface area contributed by atoms with E-state index in [9.17, 15) is 0 Å². The summed E-state index contributed by atoms with van der Waals surface area (Å²) >= 11 is 1.86. The van der Waals surface area contributed by atoms with E-state index < -0.39 is 0 Å². The van der Waals surface area contributed by atoms with Gasteiger partial charge in [0.05, 0.1) is 0 Å². The SMILES string of the molecule is c1ccc(-c2ccc(N(c3ccc(-c4ccc5sc6ccccc6c5c4)cc3)c3cc(-c4ccccc4)cc(-c4ccccc4)c3)cc2)cc1. The maximum Gasteiger partial charge on any atom is 0.0473 e. The van der Waals surface area contributed by atoms with Crippen LogP contribution in [0, 0.1) is 0 Å². The molecule has 0 fully saturated rings. The summed E-state index contributed by atoms with van der Waals surface area (Å²) in [4.78, 5) is 2.38. The lowest BCUT2D eigenvalue weighted by molar-refractivity contribution is 1.28. The van der Waals surface area contributed by atoms with E-state index in [4.69, 9.17) is 0 Å². The van der Waals surface area contributed by atoms with Gasteiger partial charge in [0, 0.05) is 37.2 Å². The molecule has 9 rings (SSSR count). The summed E-state index contributed by atoms with van der Waals surface area (Å²) in [6.07, 6.45) is 0. The van der Waals surface area contributed by atoms with Gasteiger partial charge in [0.2, 0.25) is 0 Å². The summed E-state index contributed by atoms with van der Waals surface area (Å²) < 4.78 is 2.65. The largest absolute Gasteiger partial charge is 0.310 e. The van der Waals surface area contributed by atoms with E-state index >= 15 is 0 Å². The van der Waals surface area contributed by atoms with Crippen LogP contribution in [0.25, 0.3) is 64.7 Å². The standard InChI is InChI=1S/C48H33NS/c1-4-12-34(13-5-1)37-20-25-42(26-21-37)49(44-31-40(35-14-6-2-7-15-35)30-41(32-44)36-16-8-3-9-17-36)43-27-22-38(23-28-43)39-24-29-48-46(33-39)45-18-10-11-19-47(45)50-48/h1-33H. The Labute approximate surface area is 297 Å². The van der Waals surface area contributed by atoms with Crippen LogP contribution in [0.15, 0.2) is 200 Å². The minimum absolute atomic E-state index is 1.10. The highest BCUT2D eigenvalue weighted by atomic mass is 32.1. The predicted molar refractivity (Wildman–Crippen MR) is 216 cm³/mol. The molecular weight excluding hydrogens is 623 g/mol. The van der Waals surface area contributed by atoms with E-state index in [1.54, 1.807) is 0 Å². The molecule has 50 heavy (non-hydrogen) atoms. The molecule has 0 aliphatic rings. The molecule has 0 atom stereocenters. The van der Waals surface area contributed by atoms with Gasteiger partial charge in [0.25, 0.3) is 0 Å². The van der Waals surface area contributed by atoms with E-state index in [-0.39, 0.29) is 0 Å². The third-order valence-electron chi connectivity index (χ3n) is 9.46. The Hall–Kier alpha value is -6.22. The zero-order valence-corrected chi connectivity index (χ0v) is 28.2. The molecule has 0 aliphatic heterocycles. The molecule has 0 saturated heterocycles. The molecule has 1 aromatic heterocycles. The van der Waals surface area contributed by atoms with E-state index in [1.807, 2.05) is 11.3 Å². The molecule has 1 heterocycles. The Balaban J connectivity index is 1.18. The van der Waals surface area contributed by atoms with Crippen molar-refractivity contribution in [2.45, 2.75) is 0 Å². The van der Waals surface area contributed by atoms with Crippen LogP contribution >= 0.6 is 11.3 Å². The van der Waals surface area contributed by atoms with Crippen molar-refractivity contribution < 1.29 is 0 Å². The fourth-order valence-corrected chi connectivity index (χ4v) is 8.01. The van der Waals surface area contributed by atoms with E-state index in [0.717, 1.165) is 17.1 Å². The van der Waals surface area contributed by atoms with Crippen LogP contribution in [-0.2, 0) is 0 Å². The molecule has 0 saturated carbocycles. The van der Waals surface area contributed by atoms with E-state index in [2.05, 4.69) is 205 Å². The number of hydrogen-bond donors (Lipinski definition) is 0. The van der Waals surface area contributed by atoms with Crippen LogP contribution in [0.3, 0.4) is 0 Å². The molecule has 0 radical (unpaired) electrons. The van der Waals surface area contributed by atoms with Gasteiger partial charge in [-0.25, -0.2) is 0 Å². The summed E-state index contributed by atoms with van der Waals surface area (Å²) in [6, 6.07) is 72.4. The zero-order valence-electron chi connectivity index (χ0n) is 27.4. The van der Waals surface area contributed by atoms with Gasteiger partial charge in [-0.15, -0.1) is 11.3 Å². The predicted octanol–water partition coefficient (Wildman–Crippen LogP) is 14.2. The number of rotatable bonds is 7. The first-order chi connectivity index (χ1) is 24.8. The van der Waals surface area contributed by atoms with Crippen LogP contribution in [0.4, 0.5) is 17.1 Å². The molecule has 1 nitrogen and oxygen atoms in total. The Morgan fingerprint density at radius 3 is 1.24 bits per heavy atom. The summed E-state index contributed by atoms with van der Waals surface area (Å²) in [6.45, 7) is 0.